The Labute approximate surface area is 260 Å². The molecule has 5 unspecified atom stereocenters. The number of aromatic nitrogens is 1. The number of halogens is 1. The molecule has 0 saturated heterocycles. The van der Waals surface area contributed by atoms with Gasteiger partial charge in [-0.1, -0.05) is 26.0 Å². The number of benzene rings is 2. The molecule has 5 atom stereocenters. The van der Waals surface area contributed by atoms with Crippen molar-refractivity contribution in [1.29, 1.82) is 0 Å². The Bertz CT molecular complexity index is 1530. The van der Waals surface area contributed by atoms with E-state index in [2.05, 4.69) is 17.6 Å². The van der Waals surface area contributed by atoms with Crippen molar-refractivity contribution >= 4 is 28.3 Å². The summed E-state index contributed by atoms with van der Waals surface area (Å²) in [7, 11) is 3.16. The molecule has 2 aromatic carbocycles. The second-order valence-electron chi connectivity index (χ2n) is 12.3. The highest BCUT2D eigenvalue weighted by Gasteiger charge is 2.59. The second kappa shape index (κ2) is 12.8. The fourth-order valence-corrected chi connectivity index (χ4v) is 8.20. The molecule has 2 aliphatic rings. The first-order valence-corrected chi connectivity index (χ1v) is 15.7. The minimum absolute atomic E-state index is 0.118. The highest BCUT2D eigenvalue weighted by molar-refractivity contribution is 7.15. The van der Waals surface area contributed by atoms with Crippen LogP contribution < -0.4 is 20.1 Å². The average Bonchev–Trinajstić information content (AvgIpc) is 3.42. The number of anilines is 1. The monoisotopic (exact) mass is 625 g/mol. The summed E-state index contributed by atoms with van der Waals surface area (Å²) in [5, 5.41) is 27.7. The van der Waals surface area contributed by atoms with Crippen molar-refractivity contribution in [1.82, 2.24) is 10.3 Å². The lowest BCUT2D eigenvalue weighted by Crippen LogP contribution is -2.57. The predicted molar refractivity (Wildman–Crippen MR) is 166 cm³/mol. The number of nitrogens with zero attached hydrogens (tertiary/aromatic N) is 1. The third-order valence-electron chi connectivity index (χ3n) is 9.77. The van der Waals surface area contributed by atoms with E-state index in [4.69, 9.17) is 14.5 Å². The van der Waals surface area contributed by atoms with Crippen molar-refractivity contribution < 1.29 is 33.7 Å². The molecule has 0 aliphatic heterocycles. The topological polar surface area (TPSA) is 130 Å². The molecule has 9 nitrogen and oxygen atoms in total. The molecule has 11 heteroatoms. The molecular formula is C33H40FN3O6S. The Morgan fingerprint density at radius 2 is 1.91 bits per heavy atom. The lowest BCUT2D eigenvalue weighted by Gasteiger charge is -2.58. The number of aliphatic hydroxyl groups is 2. The maximum absolute atomic E-state index is 13.7. The summed E-state index contributed by atoms with van der Waals surface area (Å²) in [5.41, 5.74) is 0.743. The number of fused-ring (bicyclic) bond motifs is 2. The largest absolute Gasteiger partial charge is 0.493 e. The van der Waals surface area contributed by atoms with Crippen LogP contribution >= 0.6 is 11.3 Å². The van der Waals surface area contributed by atoms with Crippen LogP contribution in [0.15, 0.2) is 42.5 Å². The quantitative estimate of drug-likeness (QED) is 0.257. The van der Waals surface area contributed by atoms with Gasteiger partial charge in [0.05, 0.1) is 32.6 Å². The summed E-state index contributed by atoms with van der Waals surface area (Å²) < 4.78 is 24.4. The van der Waals surface area contributed by atoms with Crippen LogP contribution in [-0.4, -0.2) is 60.5 Å². The van der Waals surface area contributed by atoms with Gasteiger partial charge in [0.25, 0.3) is 5.91 Å². The van der Waals surface area contributed by atoms with E-state index in [9.17, 15) is 24.2 Å². The Morgan fingerprint density at radius 3 is 2.61 bits per heavy atom. The van der Waals surface area contributed by atoms with Crippen molar-refractivity contribution in [3.8, 4) is 11.5 Å². The van der Waals surface area contributed by atoms with Crippen molar-refractivity contribution in [2.75, 3.05) is 32.7 Å². The fraction of sp³-hybridized carbons (Fsp3) is 0.485. The zero-order valence-electron chi connectivity index (χ0n) is 25.5. The molecule has 0 bridgehead atoms. The van der Waals surface area contributed by atoms with Crippen LogP contribution in [0.3, 0.4) is 0 Å². The number of hydrogen-bond acceptors (Lipinski definition) is 8. The van der Waals surface area contributed by atoms with Gasteiger partial charge in [0.2, 0.25) is 5.91 Å². The molecule has 1 saturated carbocycles. The lowest BCUT2D eigenvalue weighted by atomic mass is 9.47. The molecule has 5 rings (SSSR count). The molecule has 1 aromatic heterocycles. The number of carbonyl (C=O) groups excluding carboxylic acids is 2. The standard InChI is InChI=1S/C33H40FN3O6S/c1-32-12-10-27(39)33(2,18-38)26(32)17-25-29(36-31(44-25)37-30(41)20-6-5-7-21(34)15-20)22(32)16-28(40)35-13-11-19-8-9-23(42-3)24(14-19)43-4/h5-9,14-15,22,26-27,38-39H,10-13,16-18H2,1-4H3,(H,35,40)(H,36,37,41). The summed E-state index contributed by atoms with van der Waals surface area (Å²) >= 11 is 1.33. The Kier molecular flexibility index (Phi) is 9.29. The van der Waals surface area contributed by atoms with Gasteiger partial charge in [-0.05, 0) is 72.9 Å². The van der Waals surface area contributed by atoms with E-state index in [-0.39, 0.29) is 36.3 Å². The summed E-state index contributed by atoms with van der Waals surface area (Å²) in [4.78, 5) is 32.1. The fourth-order valence-electron chi connectivity index (χ4n) is 7.14. The molecule has 0 radical (unpaired) electrons. The summed E-state index contributed by atoms with van der Waals surface area (Å²) in [6.45, 7) is 4.29. The van der Waals surface area contributed by atoms with Crippen LogP contribution in [0, 0.1) is 22.6 Å². The number of hydrogen-bond donors (Lipinski definition) is 4. The molecule has 1 heterocycles. The van der Waals surface area contributed by atoms with Crippen LogP contribution in [0.2, 0.25) is 0 Å². The Morgan fingerprint density at radius 1 is 1.14 bits per heavy atom. The summed E-state index contributed by atoms with van der Waals surface area (Å²) in [5.74, 6) is -0.261. The predicted octanol–water partition coefficient (Wildman–Crippen LogP) is 4.72. The highest BCUT2D eigenvalue weighted by Crippen LogP contribution is 2.62. The molecule has 236 valence electrons. The van der Waals surface area contributed by atoms with Crippen LogP contribution in [0.1, 0.15) is 65.5 Å². The number of nitrogens with one attached hydrogen (secondary N) is 2. The van der Waals surface area contributed by atoms with Crippen LogP contribution in [-0.2, 0) is 17.6 Å². The van der Waals surface area contributed by atoms with Crippen molar-refractivity contribution in [3.05, 3.63) is 70.0 Å². The second-order valence-corrected chi connectivity index (χ2v) is 13.4. The molecule has 3 aromatic rings. The van der Waals surface area contributed by atoms with E-state index in [1.54, 1.807) is 14.2 Å². The van der Waals surface area contributed by atoms with Gasteiger partial charge in [0.15, 0.2) is 16.6 Å². The third kappa shape index (κ3) is 6.05. The maximum Gasteiger partial charge on any atom is 0.257 e. The minimum atomic E-state index is -0.762. The zero-order valence-corrected chi connectivity index (χ0v) is 26.3. The normalized spacial score (nSPS) is 25.8. The van der Waals surface area contributed by atoms with Crippen LogP contribution in [0.4, 0.5) is 9.52 Å². The molecule has 0 spiro atoms. The average molecular weight is 626 g/mol. The first kappa shape index (κ1) is 31.9. The molecule has 1 fully saturated rings. The van der Waals surface area contributed by atoms with Crippen molar-refractivity contribution in [2.45, 2.75) is 58.0 Å². The van der Waals surface area contributed by atoms with Gasteiger partial charge in [-0.3, -0.25) is 14.9 Å². The molecule has 4 N–H and O–H groups in total. The van der Waals surface area contributed by atoms with Crippen molar-refractivity contribution in [3.63, 3.8) is 0 Å². The SMILES string of the molecule is COc1ccc(CCNC(=O)CC2c3nc(NC(=O)c4cccc(F)c4)sc3CC3C(C)(CO)C(O)CCC23C)cc1OC. The highest BCUT2D eigenvalue weighted by atomic mass is 32.1. The zero-order chi connectivity index (χ0) is 31.6. The Balaban J connectivity index is 1.38. The third-order valence-corrected chi connectivity index (χ3v) is 10.8. The number of rotatable bonds is 10. The van der Waals surface area contributed by atoms with Gasteiger partial charge < -0.3 is 25.0 Å². The van der Waals surface area contributed by atoms with Crippen LogP contribution in [0.25, 0.3) is 0 Å². The number of methoxy groups -OCH3 is 2. The number of ether oxygens (including phenoxy) is 2. The van der Waals surface area contributed by atoms with E-state index >= 15 is 0 Å². The van der Waals surface area contributed by atoms with Gasteiger partial charge >= 0.3 is 0 Å². The first-order valence-electron chi connectivity index (χ1n) is 14.9. The van der Waals surface area contributed by atoms with E-state index in [1.807, 2.05) is 25.1 Å². The molecule has 44 heavy (non-hydrogen) atoms. The van der Waals surface area contributed by atoms with E-state index in [1.165, 1.54) is 35.6 Å². The number of thiazole rings is 1. The van der Waals surface area contributed by atoms with Gasteiger partial charge in [-0.15, -0.1) is 11.3 Å². The lowest BCUT2D eigenvalue weighted by molar-refractivity contribution is -0.144. The molecule has 2 amide bonds. The first-order chi connectivity index (χ1) is 21.0. The van der Waals surface area contributed by atoms with Gasteiger partial charge in [-0.25, -0.2) is 9.37 Å². The van der Waals surface area contributed by atoms with Crippen LogP contribution in [0.5, 0.6) is 11.5 Å². The number of amides is 2. The smallest absolute Gasteiger partial charge is 0.257 e. The van der Waals surface area contributed by atoms with E-state index in [0.29, 0.717) is 48.9 Å². The summed E-state index contributed by atoms with van der Waals surface area (Å²) in [6, 6.07) is 11.1. The van der Waals surface area contributed by atoms with Gasteiger partial charge in [-0.2, -0.15) is 0 Å². The molecular weight excluding hydrogens is 585 g/mol. The number of aliphatic hydroxyl groups excluding tert-OH is 2. The number of carbonyl (C=O) groups is 2. The van der Waals surface area contributed by atoms with Crippen molar-refractivity contribution in [2.24, 2.45) is 16.7 Å². The molecule has 2 aliphatic carbocycles. The van der Waals surface area contributed by atoms with E-state index in [0.717, 1.165) is 16.1 Å². The van der Waals surface area contributed by atoms with Gasteiger partial charge in [0.1, 0.15) is 5.82 Å². The summed E-state index contributed by atoms with van der Waals surface area (Å²) in [6.07, 6.45) is 1.83. The minimum Gasteiger partial charge on any atom is -0.493 e. The Hall–Kier alpha value is -3.54. The maximum atomic E-state index is 13.7. The van der Waals surface area contributed by atoms with E-state index < -0.39 is 28.7 Å². The van der Waals surface area contributed by atoms with Gasteiger partial charge in [0, 0.05) is 34.7 Å².